The van der Waals surface area contributed by atoms with E-state index in [1.54, 1.807) is 7.11 Å². The van der Waals surface area contributed by atoms with Gasteiger partial charge in [-0.05, 0) is 42.0 Å². The van der Waals surface area contributed by atoms with Crippen molar-refractivity contribution in [2.24, 2.45) is 5.92 Å². The van der Waals surface area contributed by atoms with E-state index in [2.05, 4.69) is 25.3 Å². The molecule has 1 rings (SSSR count). The highest BCUT2D eigenvalue weighted by Crippen LogP contribution is 2.16. The number of hydrogen-bond acceptors (Lipinski definition) is 2. The van der Waals surface area contributed by atoms with Crippen LogP contribution in [0.25, 0.3) is 0 Å². The first kappa shape index (κ1) is 11.4. The van der Waals surface area contributed by atoms with Crippen LogP contribution in [0, 0.1) is 5.92 Å². The van der Waals surface area contributed by atoms with Crippen molar-refractivity contribution in [2.75, 3.05) is 19.1 Å². The molecule has 0 aromatic heterocycles. The van der Waals surface area contributed by atoms with Gasteiger partial charge in [0, 0.05) is 0 Å². The van der Waals surface area contributed by atoms with Crippen molar-refractivity contribution < 1.29 is 4.74 Å². The van der Waals surface area contributed by atoms with Crippen LogP contribution in [0.1, 0.15) is 12.5 Å². The zero-order valence-corrected chi connectivity index (χ0v) is 9.93. The lowest BCUT2D eigenvalue weighted by Crippen LogP contribution is -2.02. The van der Waals surface area contributed by atoms with Gasteiger partial charge in [0.1, 0.15) is 5.75 Å². The molecule has 0 fully saturated rings. The van der Waals surface area contributed by atoms with E-state index < -0.39 is 0 Å². The smallest absolute Gasteiger partial charge is 0.118 e. The van der Waals surface area contributed by atoms with E-state index in [1.807, 2.05) is 23.9 Å². The molecular weight excluding hydrogens is 192 g/mol. The van der Waals surface area contributed by atoms with Crippen LogP contribution in [0.2, 0.25) is 0 Å². The topological polar surface area (TPSA) is 9.23 Å². The highest BCUT2D eigenvalue weighted by atomic mass is 32.2. The lowest BCUT2D eigenvalue weighted by molar-refractivity contribution is 0.414. The molecule has 2 heteroatoms. The zero-order chi connectivity index (χ0) is 10.4. The predicted octanol–water partition coefficient (Wildman–Crippen LogP) is 3.24. The highest BCUT2D eigenvalue weighted by molar-refractivity contribution is 7.98. The molecule has 0 bridgehead atoms. The standard InChI is InChI=1S/C12H18OS/c1-10(9-14-3)8-11-4-6-12(13-2)7-5-11/h4-7,10H,8-9H2,1-3H3. The van der Waals surface area contributed by atoms with Gasteiger partial charge in [-0.15, -0.1) is 0 Å². The van der Waals surface area contributed by atoms with Gasteiger partial charge in [0.2, 0.25) is 0 Å². The fourth-order valence-electron chi connectivity index (χ4n) is 1.51. The van der Waals surface area contributed by atoms with Gasteiger partial charge < -0.3 is 4.74 Å². The third-order valence-electron chi connectivity index (χ3n) is 2.19. The Bertz CT molecular complexity index is 256. The summed E-state index contributed by atoms with van der Waals surface area (Å²) in [5.41, 5.74) is 1.40. The molecule has 0 saturated heterocycles. The third-order valence-corrected chi connectivity index (χ3v) is 3.10. The Morgan fingerprint density at radius 3 is 2.43 bits per heavy atom. The molecule has 14 heavy (non-hydrogen) atoms. The van der Waals surface area contributed by atoms with Crippen molar-refractivity contribution in [2.45, 2.75) is 13.3 Å². The molecule has 0 aliphatic heterocycles. The van der Waals surface area contributed by atoms with Crippen LogP contribution in [0.4, 0.5) is 0 Å². The van der Waals surface area contributed by atoms with Crippen LogP contribution >= 0.6 is 11.8 Å². The van der Waals surface area contributed by atoms with E-state index in [9.17, 15) is 0 Å². The molecule has 0 aliphatic carbocycles. The van der Waals surface area contributed by atoms with E-state index in [4.69, 9.17) is 4.74 Å². The summed E-state index contributed by atoms with van der Waals surface area (Å²) in [4.78, 5) is 0. The van der Waals surface area contributed by atoms with Crippen LogP contribution in [-0.2, 0) is 6.42 Å². The summed E-state index contributed by atoms with van der Waals surface area (Å²) in [7, 11) is 1.70. The maximum Gasteiger partial charge on any atom is 0.118 e. The van der Waals surface area contributed by atoms with Gasteiger partial charge in [-0.1, -0.05) is 19.1 Å². The minimum atomic E-state index is 0.749. The number of methoxy groups -OCH3 is 1. The molecule has 0 saturated carbocycles. The Hall–Kier alpha value is -0.630. The van der Waals surface area contributed by atoms with E-state index in [1.165, 1.54) is 11.3 Å². The van der Waals surface area contributed by atoms with Crippen molar-refractivity contribution in [3.8, 4) is 5.75 Å². The molecule has 0 spiro atoms. The van der Waals surface area contributed by atoms with Gasteiger partial charge in [0.25, 0.3) is 0 Å². The summed E-state index contributed by atoms with van der Waals surface area (Å²) in [5.74, 6) is 2.91. The average Bonchev–Trinajstić information content (AvgIpc) is 2.19. The second-order valence-electron chi connectivity index (χ2n) is 3.61. The first-order chi connectivity index (χ1) is 6.76. The van der Waals surface area contributed by atoms with Crippen molar-refractivity contribution in [1.29, 1.82) is 0 Å². The third kappa shape index (κ3) is 3.62. The van der Waals surface area contributed by atoms with Gasteiger partial charge in [-0.3, -0.25) is 0 Å². The summed E-state index contributed by atoms with van der Waals surface area (Å²) in [6.07, 6.45) is 3.31. The molecule has 1 aromatic carbocycles. The fourth-order valence-corrected chi connectivity index (χ4v) is 2.19. The number of hydrogen-bond donors (Lipinski definition) is 0. The SMILES string of the molecule is COc1ccc(CC(C)CSC)cc1. The Balaban J connectivity index is 2.50. The summed E-state index contributed by atoms with van der Waals surface area (Å²) in [6.45, 7) is 2.29. The molecule has 0 N–H and O–H groups in total. The lowest BCUT2D eigenvalue weighted by atomic mass is 10.0. The molecule has 1 aromatic rings. The van der Waals surface area contributed by atoms with Gasteiger partial charge in [-0.25, -0.2) is 0 Å². The summed E-state index contributed by atoms with van der Waals surface area (Å²) < 4.78 is 5.12. The Morgan fingerprint density at radius 2 is 1.93 bits per heavy atom. The van der Waals surface area contributed by atoms with E-state index in [0.29, 0.717) is 0 Å². The Kier molecular flexibility index (Phi) is 4.88. The van der Waals surface area contributed by atoms with Crippen molar-refractivity contribution in [3.05, 3.63) is 29.8 Å². The second kappa shape index (κ2) is 5.97. The molecule has 0 radical (unpaired) electrons. The van der Waals surface area contributed by atoms with E-state index in [-0.39, 0.29) is 0 Å². The van der Waals surface area contributed by atoms with Crippen molar-refractivity contribution in [1.82, 2.24) is 0 Å². The largest absolute Gasteiger partial charge is 0.497 e. The van der Waals surface area contributed by atoms with Crippen molar-refractivity contribution >= 4 is 11.8 Å². The van der Waals surface area contributed by atoms with Gasteiger partial charge in [0.05, 0.1) is 7.11 Å². The van der Waals surface area contributed by atoms with Crippen LogP contribution in [-0.4, -0.2) is 19.1 Å². The molecule has 78 valence electrons. The quantitative estimate of drug-likeness (QED) is 0.738. The predicted molar refractivity (Wildman–Crippen MR) is 64.2 cm³/mol. The summed E-state index contributed by atoms with van der Waals surface area (Å²) >= 11 is 1.91. The minimum absolute atomic E-state index is 0.749. The Labute approximate surface area is 90.9 Å². The number of benzene rings is 1. The fraction of sp³-hybridized carbons (Fsp3) is 0.500. The summed E-state index contributed by atoms with van der Waals surface area (Å²) in [5, 5.41) is 0. The molecule has 1 atom stereocenters. The monoisotopic (exact) mass is 210 g/mol. The van der Waals surface area contributed by atoms with E-state index in [0.717, 1.165) is 18.1 Å². The van der Waals surface area contributed by atoms with Gasteiger partial charge >= 0.3 is 0 Å². The van der Waals surface area contributed by atoms with Crippen LogP contribution in [0.15, 0.2) is 24.3 Å². The first-order valence-electron chi connectivity index (χ1n) is 4.88. The normalized spacial score (nSPS) is 12.5. The maximum atomic E-state index is 5.12. The number of thioether (sulfide) groups is 1. The first-order valence-corrected chi connectivity index (χ1v) is 6.27. The minimum Gasteiger partial charge on any atom is -0.497 e. The average molecular weight is 210 g/mol. The molecule has 0 heterocycles. The van der Waals surface area contributed by atoms with Gasteiger partial charge in [0.15, 0.2) is 0 Å². The van der Waals surface area contributed by atoms with Crippen LogP contribution < -0.4 is 4.74 Å². The van der Waals surface area contributed by atoms with Crippen LogP contribution in [0.5, 0.6) is 5.75 Å². The van der Waals surface area contributed by atoms with Gasteiger partial charge in [-0.2, -0.15) is 11.8 Å². The number of rotatable bonds is 5. The van der Waals surface area contributed by atoms with Crippen LogP contribution in [0.3, 0.4) is 0 Å². The molecule has 0 aliphatic rings. The zero-order valence-electron chi connectivity index (χ0n) is 9.12. The summed E-state index contributed by atoms with van der Waals surface area (Å²) in [6, 6.07) is 8.35. The molecule has 1 nitrogen and oxygen atoms in total. The molecule has 0 amide bonds. The second-order valence-corrected chi connectivity index (χ2v) is 4.52. The highest BCUT2D eigenvalue weighted by Gasteiger charge is 2.02. The Morgan fingerprint density at radius 1 is 1.29 bits per heavy atom. The number of ether oxygens (including phenoxy) is 1. The van der Waals surface area contributed by atoms with E-state index >= 15 is 0 Å². The lowest BCUT2D eigenvalue weighted by Gasteiger charge is -2.09. The molecule has 1 unspecified atom stereocenters. The maximum absolute atomic E-state index is 5.12. The molecular formula is C12H18OS. The van der Waals surface area contributed by atoms with Crippen molar-refractivity contribution in [3.63, 3.8) is 0 Å².